The number of amides is 1. The van der Waals surface area contributed by atoms with Gasteiger partial charge >= 0.3 is 0 Å². The van der Waals surface area contributed by atoms with Crippen LogP contribution in [0.2, 0.25) is 0 Å². The van der Waals surface area contributed by atoms with Gasteiger partial charge in [0.05, 0.1) is 11.7 Å². The van der Waals surface area contributed by atoms with Gasteiger partial charge in [-0.25, -0.2) is 0 Å². The molecule has 0 atom stereocenters. The van der Waals surface area contributed by atoms with Crippen molar-refractivity contribution in [2.75, 3.05) is 5.32 Å². The van der Waals surface area contributed by atoms with E-state index in [1.807, 2.05) is 29.6 Å². The Kier molecular flexibility index (Phi) is 5.88. The standard InChI is InChI=1S/C20H30N4O/c1-15(2)23(16(3)25)13-17-7-9-19(10-8-17)21-11-18-12-22-24(14-18)20(4,5)6/h7-10,12,14-15,21H,11,13H2,1-6H3. The summed E-state index contributed by atoms with van der Waals surface area (Å²) in [4.78, 5) is 13.6. The van der Waals surface area contributed by atoms with Gasteiger partial charge in [-0.3, -0.25) is 9.48 Å². The molecule has 2 aromatic rings. The number of rotatable bonds is 6. The van der Waals surface area contributed by atoms with Crippen LogP contribution in [-0.2, 0) is 23.4 Å². The summed E-state index contributed by atoms with van der Waals surface area (Å²) in [5.41, 5.74) is 3.35. The van der Waals surface area contributed by atoms with Crippen molar-refractivity contribution in [2.24, 2.45) is 0 Å². The lowest BCUT2D eigenvalue weighted by Crippen LogP contribution is -2.34. The number of benzene rings is 1. The molecule has 0 aliphatic heterocycles. The minimum atomic E-state index is -0.00109. The molecule has 5 heteroatoms. The zero-order chi connectivity index (χ0) is 18.6. The van der Waals surface area contributed by atoms with Crippen molar-refractivity contribution in [1.82, 2.24) is 14.7 Å². The van der Waals surface area contributed by atoms with E-state index < -0.39 is 0 Å². The summed E-state index contributed by atoms with van der Waals surface area (Å²) in [7, 11) is 0. The molecule has 5 nitrogen and oxygen atoms in total. The van der Waals surface area contributed by atoms with E-state index in [9.17, 15) is 4.79 Å². The molecule has 0 spiro atoms. The van der Waals surface area contributed by atoms with Gasteiger partial charge in [-0.05, 0) is 52.3 Å². The summed E-state index contributed by atoms with van der Waals surface area (Å²) >= 11 is 0. The summed E-state index contributed by atoms with van der Waals surface area (Å²) in [6.07, 6.45) is 3.98. The summed E-state index contributed by atoms with van der Waals surface area (Å²) in [5, 5.41) is 7.84. The third kappa shape index (κ3) is 5.34. The first-order chi connectivity index (χ1) is 11.7. The highest BCUT2D eigenvalue weighted by Gasteiger charge is 2.14. The van der Waals surface area contributed by atoms with E-state index in [1.165, 1.54) is 0 Å². The molecule has 1 N–H and O–H groups in total. The van der Waals surface area contributed by atoms with Crippen LogP contribution >= 0.6 is 0 Å². The Morgan fingerprint density at radius 2 is 1.84 bits per heavy atom. The number of anilines is 1. The van der Waals surface area contributed by atoms with Crippen LogP contribution in [-0.4, -0.2) is 26.6 Å². The Bertz CT molecular complexity index is 695. The largest absolute Gasteiger partial charge is 0.381 e. The molecule has 0 unspecified atom stereocenters. The molecule has 0 aliphatic rings. The molecule has 0 fully saturated rings. The lowest BCUT2D eigenvalue weighted by molar-refractivity contribution is -0.131. The quantitative estimate of drug-likeness (QED) is 0.863. The van der Waals surface area contributed by atoms with Crippen LogP contribution in [0, 0.1) is 0 Å². The van der Waals surface area contributed by atoms with E-state index in [0.717, 1.165) is 23.4 Å². The van der Waals surface area contributed by atoms with Crippen LogP contribution < -0.4 is 5.32 Å². The number of nitrogens with zero attached hydrogens (tertiary/aromatic N) is 3. The van der Waals surface area contributed by atoms with Gasteiger partial charge in [0.1, 0.15) is 0 Å². The van der Waals surface area contributed by atoms with E-state index in [-0.39, 0.29) is 17.5 Å². The minimum Gasteiger partial charge on any atom is -0.381 e. The topological polar surface area (TPSA) is 50.2 Å². The number of hydrogen-bond donors (Lipinski definition) is 1. The summed E-state index contributed by atoms with van der Waals surface area (Å²) in [5.74, 6) is 0.105. The first-order valence-corrected chi connectivity index (χ1v) is 8.81. The molecule has 0 saturated heterocycles. The number of carbonyl (C=O) groups excluding carboxylic acids is 1. The van der Waals surface area contributed by atoms with E-state index >= 15 is 0 Å². The van der Waals surface area contributed by atoms with Crippen molar-refractivity contribution < 1.29 is 4.79 Å². The number of hydrogen-bond acceptors (Lipinski definition) is 3. The third-order valence-corrected chi connectivity index (χ3v) is 4.15. The Balaban J connectivity index is 1.94. The third-order valence-electron chi connectivity index (χ3n) is 4.15. The first kappa shape index (κ1) is 19.0. The Morgan fingerprint density at radius 3 is 2.32 bits per heavy atom. The molecule has 0 saturated carbocycles. The molecule has 0 radical (unpaired) electrons. The normalized spacial score (nSPS) is 11.6. The van der Waals surface area contributed by atoms with Crippen molar-refractivity contribution in [3.63, 3.8) is 0 Å². The zero-order valence-electron chi connectivity index (χ0n) is 16.2. The molecule has 136 valence electrons. The van der Waals surface area contributed by atoms with Crippen LogP contribution in [0.3, 0.4) is 0 Å². The first-order valence-electron chi connectivity index (χ1n) is 8.81. The molecule has 1 aromatic carbocycles. The van der Waals surface area contributed by atoms with Gasteiger partial charge in [0, 0.05) is 43.5 Å². The smallest absolute Gasteiger partial charge is 0.219 e. The number of carbonyl (C=O) groups is 1. The fourth-order valence-electron chi connectivity index (χ4n) is 2.60. The molecular weight excluding hydrogens is 312 g/mol. The van der Waals surface area contributed by atoms with Crippen LogP contribution in [0.25, 0.3) is 0 Å². The zero-order valence-corrected chi connectivity index (χ0v) is 16.2. The molecule has 1 amide bonds. The maximum Gasteiger partial charge on any atom is 0.219 e. The second kappa shape index (κ2) is 7.72. The van der Waals surface area contributed by atoms with E-state index in [0.29, 0.717) is 6.54 Å². The minimum absolute atomic E-state index is 0.00109. The summed E-state index contributed by atoms with van der Waals surface area (Å²) < 4.78 is 1.98. The van der Waals surface area contributed by atoms with Crippen molar-refractivity contribution in [1.29, 1.82) is 0 Å². The lowest BCUT2D eigenvalue weighted by Gasteiger charge is -2.25. The van der Waals surface area contributed by atoms with Crippen LogP contribution in [0.15, 0.2) is 36.7 Å². The van der Waals surface area contributed by atoms with Crippen LogP contribution in [0.1, 0.15) is 52.7 Å². The van der Waals surface area contributed by atoms with Crippen LogP contribution in [0.4, 0.5) is 5.69 Å². The summed E-state index contributed by atoms with van der Waals surface area (Å²) in [6, 6.07) is 8.46. The highest BCUT2D eigenvalue weighted by atomic mass is 16.2. The molecule has 2 rings (SSSR count). The molecule has 0 aliphatic carbocycles. The Labute approximate surface area is 151 Å². The van der Waals surface area contributed by atoms with Gasteiger partial charge in [-0.1, -0.05) is 12.1 Å². The fourth-order valence-corrected chi connectivity index (χ4v) is 2.60. The Hall–Kier alpha value is -2.30. The monoisotopic (exact) mass is 342 g/mol. The molecule has 0 bridgehead atoms. The lowest BCUT2D eigenvalue weighted by atomic mass is 10.1. The van der Waals surface area contributed by atoms with E-state index in [2.05, 4.69) is 61.6 Å². The average Bonchev–Trinajstić information content (AvgIpc) is 3.00. The predicted octanol–water partition coefficient (Wildman–Crippen LogP) is 4.01. The second-order valence-corrected chi connectivity index (χ2v) is 7.76. The van der Waals surface area contributed by atoms with Crippen LogP contribution in [0.5, 0.6) is 0 Å². The number of nitrogens with one attached hydrogen (secondary N) is 1. The average molecular weight is 342 g/mol. The molecule has 1 aromatic heterocycles. The van der Waals surface area contributed by atoms with Crippen molar-refractivity contribution in [2.45, 2.75) is 66.2 Å². The van der Waals surface area contributed by atoms with Gasteiger partial charge < -0.3 is 10.2 Å². The molecule has 1 heterocycles. The maximum atomic E-state index is 11.7. The summed E-state index contributed by atoms with van der Waals surface area (Å²) in [6.45, 7) is 13.5. The van der Waals surface area contributed by atoms with Crippen molar-refractivity contribution >= 4 is 11.6 Å². The Morgan fingerprint density at radius 1 is 1.20 bits per heavy atom. The predicted molar refractivity (Wildman–Crippen MR) is 102 cm³/mol. The van der Waals surface area contributed by atoms with Gasteiger partial charge in [0.15, 0.2) is 0 Å². The SMILES string of the molecule is CC(=O)N(Cc1ccc(NCc2cnn(C(C)(C)C)c2)cc1)C(C)C. The van der Waals surface area contributed by atoms with Gasteiger partial charge in [0.2, 0.25) is 5.91 Å². The maximum absolute atomic E-state index is 11.7. The fraction of sp³-hybridized carbons (Fsp3) is 0.500. The van der Waals surface area contributed by atoms with E-state index in [1.54, 1.807) is 6.92 Å². The van der Waals surface area contributed by atoms with Gasteiger partial charge in [0.25, 0.3) is 0 Å². The highest BCUT2D eigenvalue weighted by molar-refractivity contribution is 5.73. The van der Waals surface area contributed by atoms with Crippen molar-refractivity contribution in [3.8, 4) is 0 Å². The van der Waals surface area contributed by atoms with Crippen molar-refractivity contribution in [3.05, 3.63) is 47.8 Å². The highest BCUT2D eigenvalue weighted by Crippen LogP contribution is 2.16. The van der Waals surface area contributed by atoms with E-state index in [4.69, 9.17) is 0 Å². The second-order valence-electron chi connectivity index (χ2n) is 7.76. The van der Waals surface area contributed by atoms with Gasteiger partial charge in [-0.2, -0.15) is 5.10 Å². The number of aromatic nitrogens is 2. The molecular formula is C20H30N4O. The van der Waals surface area contributed by atoms with Gasteiger partial charge in [-0.15, -0.1) is 0 Å². The molecule has 25 heavy (non-hydrogen) atoms.